The summed E-state index contributed by atoms with van der Waals surface area (Å²) < 4.78 is 5.77. The summed E-state index contributed by atoms with van der Waals surface area (Å²) in [5.74, 6) is 0.332. The van der Waals surface area contributed by atoms with Crippen molar-refractivity contribution in [3.63, 3.8) is 0 Å². The molecule has 23 heavy (non-hydrogen) atoms. The number of ether oxygens (including phenoxy) is 1. The summed E-state index contributed by atoms with van der Waals surface area (Å²) in [4.78, 5) is 19.6. The first-order valence-corrected chi connectivity index (χ1v) is 9.83. The molecule has 1 atom stereocenters. The molecule has 4 nitrogen and oxygen atoms in total. The van der Waals surface area contributed by atoms with Crippen LogP contribution < -0.4 is 0 Å². The van der Waals surface area contributed by atoms with Gasteiger partial charge < -0.3 is 9.64 Å². The maximum absolute atomic E-state index is 12.5. The van der Waals surface area contributed by atoms with Crippen molar-refractivity contribution in [2.24, 2.45) is 0 Å². The number of carbonyl (C=O) groups excluding carboxylic acids is 1. The predicted molar refractivity (Wildman–Crippen MR) is 91.5 cm³/mol. The molecule has 1 amide bonds. The molecule has 5 heteroatoms. The number of rotatable bonds is 4. The van der Waals surface area contributed by atoms with Gasteiger partial charge in [0.15, 0.2) is 0 Å². The van der Waals surface area contributed by atoms with E-state index in [2.05, 4.69) is 21.9 Å². The second-order valence-electron chi connectivity index (χ2n) is 7.04. The molecule has 1 unspecified atom stereocenters. The van der Waals surface area contributed by atoms with Crippen molar-refractivity contribution in [2.45, 2.75) is 57.2 Å². The van der Waals surface area contributed by atoms with Crippen LogP contribution in [-0.4, -0.2) is 48.0 Å². The molecule has 0 N–H and O–H groups in total. The molecule has 0 aromatic carbocycles. The normalized spacial score (nSPS) is 27.2. The number of hydrogen-bond acceptors (Lipinski definition) is 4. The standard InChI is InChI=1S/C18H26N2O2S/c21-18-13-19(9-10-20(18)14-4-1-2-5-14)12-15-7-8-17(23-15)16-6-3-11-22-16/h7-8,14,16H,1-6,9-13H2. The lowest BCUT2D eigenvalue weighted by Crippen LogP contribution is -2.53. The quantitative estimate of drug-likeness (QED) is 0.848. The van der Waals surface area contributed by atoms with Gasteiger partial charge in [-0.2, -0.15) is 0 Å². The van der Waals surface area contributed by atoms with E-state index in [4.69, 9.17) is 4.74 Å². The van der Waals surface area contributed by atoms with Crippen LogP contribution in [0.2, 0.25) is 0 Å². The Bertz CT molecular complexity index is 547. The van der Waals surface area contributed by atoms with Crippen LogP contribution in [0.4, 0.5) is 0 Å². The molecule has 1 aliphatic carbocycles. The minimum atomic E-state index is 0.314. The second-order valence-corrected chi connectivity index (χ2v) is 8.24. The van der Waals surface area contributed by atoms with Crippen LogP contribution in [0.25, 0.3) is 0 Å². The van der Waals surface area contributed by atoms with Crippen LogP contribution in [0.5, 0.6) is 0 Å². The molecule has 0 spiro atoms. The number of thiophene rings is 1. The molecule has 3 heterocycles. The molecular weight excluding hydrogens is 308 g/mol. The maximum atomic E-state index is 12.5. The lowest BCUT2D eigenvalue weighted by atomic mass is 10.1. The van der Waals surface area contributed by atoms with Gasteiger partial charge in [0, 0.05) is 42.0 Å². The zero-order chi connectivity index (χ0) is 15.6. The monoisotopic (exact) mass is 334 g/mol. The number of piperazine rings is 1. The summed E-state index contributed by atoms with van der Waals surface area (Å²) in [6.07, 6.45) is 7.64. The minimum Gasteiger partial charge on any atom is -0.373 e. The fourth-order valence-corrected chi connectivity index (χ4v) is 5.29. The smallest absolute Gasteiger partial charge is 0.237 e. The third-order valence-corrected chi connectivity index (χ3v) is 6.57. The number of amides is 1. The molecule has 4 rings (SSSR count). The summed E-state index contributed by atoms with van der Waals surface area (Å²) in [7, 11) is 0. The fourth-order valence-electron chi connectivity index (χ4n) is 4.15. The first-order valence-electron chi connectivity index (χ1n) is 9.01. The Labute approximate surface area is 142 Å². The van der Waals surface area contributed by atoms with Crippen molar-refractivity contribution in [2.75, 3.05) is 26.2 Å². The van der Waals surface area contributed by atoms with E-state index in [9.17, 15) is 4.79 Å². The Balaban J connectivity index is 1.32. The average Bonchev–Trinajstić information content (AvgIpc) is 3.30. The first kappa shape index (κ1) is 15.6. The molecule has 2 aliphatic heterocycles. The van der Waals surface area contributed by atoms with E-state index in [1.54, 1.807) is 0 Å². The second kappa shape index (κ2) is 6.91. The van der Waals surface area contributed by atoms with Gasteiger partial charge in [0.2, 0.25) is 5.91 Å². The molecule has 3 fully saturated rings. The van der Waals surface area contributed by atoms with E-state index in [0.717, 1.165) is 32.7 Å². The van der Waals surface area contributed by atoms with Crippen LogP contribution in [-0.2, 0) is 16.1 Å². The highest BCUT2D eigenvalue weighted by Crippen LogP contribution is 2.34. The van der Waals surface area contributed by atoms with Crippen LogP contribution in [0.15, 0.2) is 12.1 Å². The summed E-state index contributed by atoms with van der Waals surface area (Å²) in [5.41, 5.74) is 0. The Morgan fingerprint density at radius 1 is 1.13 bits per heavy atom. The van der Waals surface area contributed by atoms with Crippen molar-refractivity contribution in [3.8, 4) is 0 Å². The summed E-state index contributed by atoms with van der Waals surface area (Å²) in [6.45, 7) is 4.31. The number of carbonyl (C=O) groups is 1. The number of nitrogens with zero attached hydrogens (tertiary/aromatic N) is 2. The highest BCUT2D eigenvalue weighted by molar-refractivity contribution is 7.12. The third kappa shape index (κ3) is 3.47. The summed E-state index contributed by atoms with van der Waals surface area (Å²) >= 11 is 1.86. The molecule has 1 aromatic heterocycles. The Hall–Kier alpha value is -0.910. The van der Waals surface area contributed by atoms with Gasteiger partial charge in [-0.25, -0.2) is 0 Å². The lowest BCUT2D eigenvalue weighted by Gasteiger charge is -2.37. The largest absolute Gasteiger partial charge is 0.373 e. The molecule has 0 bridgehead atoms. The average molecular weight is 334 g/mol. The third-order valence-electron chi connectivity index (χ3n) is 5.41. The van der Waals surface area contributed by atoms with Gasteiger partial charge in [-0.15, -0.1) is 11.3 Å². The molecule has 1 saturated carbocycles. The Morgan fingerprint density at radius 3 is 2.74 bits per heavy atom. The molecule has 0 radical (unpaired) electrons. The van der Waals surface area contributed by atoms with Gasteiger partial charge >= 0.3 is 0 Å². The topological polar surface area (TPSA) is 32.8 Å². The van der Waals surface area contributed by atoms with E-state index in [1.807, 2.05) is 11.3 Å². The van der Waals surface area contributed by atoms with Gasteiger partial charge in [0.05, 0.1) is 12.6 Å². The van der Waals surface area contributed by atoms with Crippen molar-refractivity contribution < 1.29 is 9.53 Å². The van der Waals surface area contributed by atoms with Crippen molar-refractivity contribution in [3.05, 3.63) is 21.9 Å². The molecule has 3 aliphatic rings. The zero-order valence-corrected chi connectivity index (χ0v) is 14.5. The van der Waals surface area contributed by atoms with E-state index in [0.29, 0.717) is 24.6 Å². The first-order chi connectivity index (χ1) is 11.3. The predicted octanol–water partition coefficient (Wildman–Crippen LogP) is 3.19. The maximum Gasteiger partial charge on any atom is 0.237 e. The highest BCUT2D eigenvalue weighted by atomic mass is 32.1. The van der Waals surface area contributed by atoms with Crippen molar-refractivity contribution in [1.29, 1.82) is 0 Å². The Morgan fingerprint density at radius 2 is 2.00 bits per heavy atom. The SMILES string of the molecule is O=C1CN(Cc2ccc(C3CCCO3)s2)CCN1C1CCCC1. The summed E-state index contributed by atoms with van der Waals surface area (Å²) in [6, 6.07) is 4.96. The van der Waals surface area contributed by atoms with Gasteiger partial charge in [0.25, 0.3) is 0 Å². The summed E-state index contributed by atoms with van der Waals surface area (Å²) in [5, 5.41) is 0. The van der Waals surface area contributed by atoms with Crippen molar-refractivity contribution >= 4 is 17.2 Å². The molecule has 2 saturated heterocycles. The van der Waals surface area contributed by atoms with Gasteiger partial charge in [-0.05, 0) is 37.8 Å². The van der Waals surface area contributed by atoms with E-state index < -0.39 is 0 Å². The number of hydrogen-bond donors (Lipinski definition) is 0. The van der Waals surface area contributed by atoms with Crippen LogP contribution in [0.3, 0.4) is 0 Å². The lowest BCUT2D eigenvalue weighted by molar-refractivity contribution is -0.138. The van der Waals surface area contributed by atoms with E-state index in [-0.39, 0.29) is 0 Å². The van der Waals surface area contributed by atoms with Gasteiger partial charge in [-0.1, -0.05) is 12.8 Å². The van der Waals surface area contributed by atoms with Gasteiger partial charge in [0.1, 0.15) is 0 Å². The van der Waals surface area contributed by atoms with Crippen LogP contribution >= 0.6 is 11.3 Å². The van der Waals surface area contributed by atoms with Crippen LogP contribution in [0, 0.1) is 0 Å². The van der Waals surface area contributed by atoms with Gasteiger partial charge in [-0.3, -0.25) is 9.69 Å². The minimum absolute atomic E-state index is 0.314. The molecular formula is C18H26N2O2S. The molecule has 1 aromatic rings. The van der Waals surface area contributed by atoms with E-state index >= 15 is 0 Å². The fraction of sp³-hybridized carbons (Fsp3) is 0.722. The highest BCUT2D eigenvalue weighted by Gasteiger charge is 2.31. The Kier molecular flexibility index (Phi) is 4.69. The molecule has 126 valence electrons. The van der Waals surface area contributed by atoms with Crippen molar-refractivity contribution in [1.82, 2.24) is 9.80 Å². The van der Waals surface area contributed by atoms with E-state index in [1.165, 1.54) is 41.9 Å². The van der Waals surface area contributed by atoms with Crippen LogP contribution in [0.1, 0.15) is 54.4 Å². The zero-order valence-electron chi connectivity index (χ0n) is 13.7.